The molecule has 4 nitrogen and oxygen atoms in total. The molecule has 1 fully saturated rings. The molecule has 24 heavy (non-hydrogen) atoms. The average Bonchev–Trinajstić information content (AvgIpc) is 3.13. The molecule has 2 aliphatic heterocycles. The van der Waals surface area contributed by atoms with Crippen molar-refractivity contribution in [2.24, 2.45) is 0 Å². The van der Waals surface area contributed by atoms with Gasteiger partial charge in [-0.05, 0) is 37.1 Å². The Balaban J connectivity index is 1.54. The van der Waals surface area contributed by atoms with Crippen LogP contribution in [-0.4, -0.2) is 31.7 Å². The smallest absolute Gasteiger partial charge is 0.245 e. The largest absolute Gasteiger partial charge is 0.377 e. The summed E-state index contributed by atoms with van der Waals surface area (Å²) in [4.78, 5) is 17.0. The van der Waals surface area contributed by atoms with Crippen LogP contribution in [0.25, 0.3) is 0 Å². The lowest BCUT2D eigenvalue weighted by molar-refractivity contribution is -0.117. The molecule has 2 heterocycles. The molecule has 0 saturated carbocycles. The molecule has 4 rings (SSSR count). The number of hydrogen-bond acceptors (Lipinski definition) is 4. The molecule has 0 unspecified atom stereocenters. The van der Waals surface area contributed by atoms with Gasteiger partial charge in [-0.15, -0.1) is 0 Å². The molecule has 1 atom stereocenters. The minimum atomic E-state index is 0.0631. The highest BCUT2D eigenvalue weighted by Gasteiger charge is 2.27. The van der Waals surface area contributed by atoms with E-state index in [4.69, 9.17) is 4.74 Å². The van der Waals surface area contributed by atoms with Crippen molar-refractivity contribution >= 4 is 29.0 Å². The molecule has 0 bridgehead atoms. The third kappa shape index (κ3) is 3.07. The molecule has 5 heteroatoms. The maximum atomic E-state index is 12.9. The highest BCUT2D eigenvalue weighted by molar-refractivity contribution is 7.99. The lowest BCUT2D eigenvalue weighted by Gasteiger charge is -2.31. The number of rotatable bonds is 4. The van der Waals surface area contributed by atoms with Crippen LogP contribution in [0.1, 0.15) is 12.8 Å². The predicted molar refractivity (Wildman–Crippen MR) is 96.0 cm³/mol. The Morgan fingerprint density at radius 1 is 1.12 bits per heavy atom. The van der Waals surface area contributed by atoms with E-state index in [1.54, 1.807) is 11.8 Å². The molecule has 1 amide bonds. The zero-order valence-corrected chi connectivity index (χ0v) is 14.2. The maximum Gasteiger partial charge on any atom is 0.245 e. The van der Waals surface area contributed by atoms with Gasteiger partial charge < -0.3 is 10.1 Å². The first-order chi connectivity index (χ1) is 11.8. The second kappa shape index (κ2) is 6.97. The van der Waals surface area contributed by atoms with E-state index in [2.05, 4.69) is 17.4 Å². The van der Waals surface area contributed by atoms with Gasteiger partial charge in [0.25, 0.3) is 0 Å². The van der Waals surface area contributed by atoms with Crippen molar-refractivity contribution in [3.05, 3.63) is 48.5 Å². The van der Waals surface area contributed by atoms with E-state index < -0.39 is 0 Å². The van der Waals surface area contributed by atoms with E-state index in [9.17, 15) is 4.79 Å². The minimum Gasteiger partial charge on any atom is -0.377 e. The Bertz CT molecular complexity index is 698. The van der Waals surface area contributed by atoms with Gasteiger partial charge in [-0.1, -0.05) is 36.0 Å². The van der Waals surface area contributed by atoms with Gasteiger partial charge in [0, 0.05) is 22.9 Å². The maximum absolute atomic E-state index is 12.9. The van der Waals surface area contributed by atoms with Gasteiger partial charge >= 0.3 is 0 Å². The first kappa shape index (κ1) is 15.7. The number of para-hydroxylation sites is 2. The minimum absolute atomic E-state index is 0.0631. The first-order valence-electron chi connectivity index (χ1n) is 8.34. The number of benzene rings is 2. The van der Waals surface area contributed by atoms with Crippen molar-refractivity contribution in [2.45, 2.75) is 28.7 Å². The van der Waals surface area contributed by atoms with Crippen molar-refractivity contribution in [1.82, 2.24) is 5.32 Å². The van der Waals surface area contributed by atoms with Crippen LogP contribution in [0.4, 0.5) is 11.4 Å². The lowest BCUT2D eigenvalue weighted by Crippen LogP contribution is -2.39. The molecule has 0 aromatic heterocycles. The summed E-state index contributed by atoms with van der Waals surface area (Å²) in [6.07, 6.45) is 2.44. The van der Waals surface area contributed by atoms with Crippen molar-refractivity contribution in [3.8, 4) is 0 Å². The first-order valence-corrected chi connectivity index (χ1v) is 9.16. The van der Waals surface area contributed by atoms with E-state index >= 15 is 0 Å². The van der Waals surface area contributed by atoms with Crippen LogP contribution in [0.5, 0.6) is 0 Å². The Morgan fingerprint density at radius 2 is 1.79 bits per heavy atom. The Kier molecular flexibility index (Phi) is 4.56. The Morgan fingerprint density at radius 3 is 2.42 bits per heavy atom. The number of ether oxygens (including phenoxy) is 1. The number of fused-ring (bicyclic) bond motifs is 2. The van der Waals surface area contributed by atoms with E-state index in [0.717, 1.165) is 47.2 Å². The summed E-state index contributed by atoms with van der Waals surface area (Å²) in [6.45, 7) is 1.88. The number of carbonyl (C=O) groups excluding carboxylic acids is 1. The third-order valence-corrected chi connectivity index (χ3v) is 5.48. The van der Waals surface area contributed by atoms with E-state index in [1.807, 2.05) is 41.3 Å². The molecule has 2 aliphatic rings. The summed E-state index contributed by atoms with van der Waals surface area (Å²) in [5, 5.41) is 3.26. The van der Waals surface area contributed by atoms with Crippen molar-refractivity contribution < 1.29 is 9.53 Å². The number of nitrogens with one attached hydrogen (secondary N) is 1. The van der Waals surface area contributed by atoms with Crippen LogP contribution >= 0.6 is 11.8 Å². The van der Waals surface area contributed by atoms with Crippen LogP contribution in [0.15, 0.2) is 58.3 Å². The summed E-state index contributed by atoms with van der Waals surface area (Å²) in [5.41, 5.74) is 1.93. The van der Waals surface area contributed by atoms with Gasteiger partial charge in [0.2, 0.25) is 5.91 Å². The van der Waals surface area contributed by atoms with Gasteiger partial charge in [0.15, 0.2) is 0 Å². The van der Waals surface area contributed by atoms with E-state index in [1.165, 1.54) is 0 Å². The zero-order valence-electron chi connectivity index (χ0n) is 13.4. The molecule has 1 saturated heterocycles. The molecular weight excluding hydrogens is 320 g/mol. The molecule has 2 aromatic carbocycles. The van der Waals surface area contributed by atoms with Gasteiger partial charge in [0.05, 0.1) is 24.0 Å². The van der Waals surface area contributed by atoms with E-state index in [0.29, 0.717) is 6.54 Å². The normalized spacial score (nSPS) is 19.0. The van der Waals surface area contributed by atoms with Crippen LogP contribution in [0, 0.1) is 0 Å². The van der Waals surface area contributed by atoms with E-state index in [-0.39, 0.29) is 12.0 Å². The molecule has 1 N–H and O–H groups in total. The quantitative estimate of drug-likeness (QED) is 0.924. The molecular formula is C19H20N2O2S. The molecule has 0 aliphatic carbocycles. The van der Waals surface area contributed by atoms with Gasteiger partial charge in [-0.25, -0.2) is 0 Å². The molecule has 0 radical (unpaired) electrons. The summed E-state index contributed by atoms with van der Waals surface area (Å²) < 4.78 is 5.60. The molecule has 0 spiro atoms. The van der Waals surface area contributed by atoms with Crippen molar-refractivity contribution in [2.75, 3.05) is 24.6 Å². The standard InChI is InChI=1S/C19H20N2O2S/c22-19(13-20-12-14-6-5-11-23-14)21-15-7-1-3-9-17(15)24-18-10-4-2-8-16(18)21/h1-4,7-10,14,20H,5-6,11-13H2/t14-/m0/s1. The van der Waals surface area contributed by atoms with Crippen LogP contribution in [0.2, 0.25) is 0 Å². The second-order valence-electron chi connectivity index (χ2n) is 6.03. The molecule has 2 aromatic rings. The van der Waals surface area contributed by atoms with Gasteiger partial charge in [-0.2, -0.15) is 0 Å². The van der Waals surface area contributed by atoms with Crippen LogP contribution in [0.3, 0.4) is 0 Å². The third-order valence-electron chi connectivity index (χ3n) is 4.35. The topological polar surface area (TPSA) is 41.6 Å². The fourth-order valence-electron chi connectivity index (χ4n) is 3.20. The SMILES string of the molecule is O=C(CNC[C@@H]1CCCO1)N1c2ccccc2Sc2ccccc21. The van der Waals surface area contributed by atoms with Crippen molar-refractivity contribution in [3.63, 3.8) is 0 Å². The monoisotopic (exact) mass is 340 g/mol. The van der Waals surface area contributed by atoms with Crippen molar-refractivity contribution in [1.29, 1.82) is 0 Å². The Hall–Kier alpha value is -1.82. The summed E-state index contributed by atoms with van der Waals surface area (Å²) in [5.74, 6) is 0.0631. The summed E-state index contributed by atoms with van der Waals surface area (Å²) in [6, 6.07) is 16.1. The predicted octanol–water partition coefficient (Wildman–Crippen LogP) is 3.58. The summed E-state index contributed by atoms with van der Waals surface area (Å²) in [7, 11) is 0. The fraction of sp³-hybridized carbons (Fsp3) is 0.316. The second-order valence-corrected chi connectivity index (χ2v) is 7.12. The van der Waals surface area contributed by atoms with Crippen LogP contribution < -0.4 is 10.2 Å². The number of carbonyl (C=O) groups is 1. The highest BCUT2D eigenvalue weighted by Crippen LogP contribution is 2.47. The fourth-order valence-corrected chi connectivity index (χ4v) is 4.26. The number of amides is 1. The lowest BCUT2D eigenvalue weighted by atomic mass is 10.2. The molecule has 124 valence electrons. The van der Waals surface area contributed by atoms with Gasteiger partial charge in [-0.3, -0.25) is 9.69 Å². The number of anilines is 2. The highest BCUT2D eigenvalue weighted by atomic mass is 32.2. The number of nitrogens with zero attached hydrogens (tertiary/aromatic N) is 1. The zero-order chi connectivity index (χ0) is 16.4. The van der Waals surface area contributed by atoms with Crippen LogP contribution in [-0.2, 0) is 9.53 Å². The number of hydrogen-bond donors (Lipinski definition) is 1. The average molecular weight is 340 g/mol. The Labute approximate surface area is 146 Å². The van der Waals surface area contributed by atoms with Gasteiger partial charge in [0.1, 0.15) is 0 Å². The summed E-state index contributed by atoms with van der Waals surface area (Å²) >= 11 is 1.71.